The Labute approximate surface area is 131 Å². The van der Waals surface area contributed by atoms with Crippen molar-refractivity contribution in [2.45, 2.75) is 50.9 Å². The first-order valence-electron chi connectivity index (χ1n) is 7.93. The Bertz CT molecular complexity index is 691. The summed E-state index contributed by atoms with van der Waals surface area (Å²) >= 11 is 0. The van der Waals surface area contributed by atoms with Crippen molar-refractivity contribution in [1.82, 2.24) is 0 Å². The van der Waals surface area contributed by atoms with E-state index in [2.05, 4.69) is 10.0 Å². The maximum atomic E-state index is 12.5. The molecule has 1 amide bonds. The van der Waals surface area contributed by atoms with E-state index >= 15 is 0 Å². The molecule has 1 aliphatic carbocycles. The molecule has 5 nitrogen and oxygen atoms in total. The Hall–Kier alpha value is -1.56. The Morgan fingerprint density at radius 3 is 2.64 bits per heavy atom. The van der Waals surface area contributed by atoms with Gasteiger partial charge in [-0.15, -0.1) is 0 Å². The van der Waals surface area contributed by atoms with Gasteiger partial charge in [0.1, 0.15) is 0 Å². The van der Waals surface area contributed by atoms with E-state index in [9.17, 15) is 13.2 Å². The van der Waals surface area contributed by atoms with Crippen molar-refractivity contribution in [3.63, 3.8) is 0 Å². The second-order valence-corrected chi connectivity index (χ2v) is 8.12. The van der Waals surface area contributed by atoms with Crippen LogP contribution in [0.5, 0.6) is 0 Å². The Balaban J connectivity index is 1.95. The van der Waals surface area contributed by atoms with E-state index in [-0.39, 0.29) is 11.7 Å². The fraction of sp³-hybridized carbons (Fsp3) is 0.562. The number of amides is 1. The number of fused-ring (bicyclic) bond motifs is 2. The van der Waals surface area contributed by atoms with Crippen LogP contribution in [0.25, 0.3) is 0 Å². The Kier molecular flexibility index (Phi) is 3.89. The van der Waals surface area contributed by atoms with Gasteiger partial charge in [0, 0.05) is 11.4 Å². The summed E-state index contributed by atoms with van der Waals surface area (Å²) in [6.45, 7) is 1.83. The Morgan fingerprint density at radius 1 is 1.23 bits per heavy atom. The van der Waals surface area contributed by atoms with Crippen LogP contribution in [0.1, 0.15) is 51.0 Å². The van der Waals surface area contributed by atoms with Crippen molar-refractivity contribution in [3.05, 3.63) is 23.8 Å². The molecule has 0 bridgehead atoms. The van der Waals surface area contributed by atoms with E-state index in [1.54, 1.807) is 12.1 Å². The van der Waals surface area contributed by atoms with Gasteiger partial charge in [0.05, 0.1) is 11.2 Å². The molecule has 0 saturated heterocycles. The SMILES string of the molecule is CCCS(=O)(=O)Nc1ccc2c(c1)C1(CCCCC1)C(=O)N2. The maximum Gasteiger partial charge on any atom is 0.235 e. The van der Waals surface area contributed by atoms with Gasteiger partial charge in [0.15, 0.2) is 0 Å². The summed E-state index contributed by atoms with van der Waals surface area (Å²) in [5.74, 6) is 0.169. The number of rotatable bonds is 4. The predicted molar refractivity (Wildman–Crippen MR) is 87.5 cm³/mol. The number of sulfonamides is 1. The van der Waals surface area contributed by atoms with E-state index in [1.165, 1.54) is 0 Å². The highest BCUT2D eigenvalue weighted by Gasteiger charge is 2.47. The third-order valence-electron chi connectivity index (χ3n) is 4.67. The largest absolute Gasteiger partial charge is 0.325 e. The molecule has 1 aromatic carbocycles. The van der Waals surface area contributed by atoms with Gasteiger partial charge in [-0.05, 0) is 43.0 Å². The van der Waals surface area contributed by atoms with E-state index in [1.807, 2.05) is 13.0 Å². The molecule has 1 fully saturated rings. The monoisotopic (exact) mass is 322 g/mol. The van der Waals surface area contributed by atoms with Crippen LogP contribution in [-0.2, 0) is 20.2 Å². The minimum atomic E-state index is -3.31. The zero-order chi connectivity index (χ0) is 15.8. The molecule has 22 heavy (non-hydrogen) atoms. The van der Waals surface area contributed by atoms with Gasteiger partial charge in [-0.1, -0.05) is 26.2 Å². The number of benzene rings is 1. The first-order chi connectivity index (χ1) is 10.5. The van der Waals surface area contributed by atoms with Gasteiger partial charge in [-0.3, -0.25) is 9.52 Å². The molecule has 1 saturated carbocycles. The molecule has 1 aliphatic heterocycles. The smallest absolute Gasteiger partial charge is 0.235 e. The van der Waals surface area contributed by atoms with Crippen LogP contribution >= 0.6 is 0 Å². The zero-order valence-electron chi connectivity index (χ0n) is 12.8. The van der Waals surface area contributed by atoms with Crippen molar-refractivity contribution in [2.24, 2.45) is 0 Å². The normalized spacial score (nSPS) is 19.8. The lowest BCUT2D eigenvalue weighted by Gasteiger charge is -2.31. The number of nitrogens with one attached hydrogen (secondary N) is 2. The molecule has 0 aromatic heterocycles. The zero-order valence-corrected chi connectivity index (χ0v) is 13.6. The molecule has 2 N–H and O–H groups in total. The highest BCUT2D eigenvalue weighted by atomic mass is 32.2. The second-order valence-electron chi connectivity index (χ2n) is 6.28. The summed E-state index contributed by atoms with van der Waals surface area (Å²) < 4.78 is 26.5. The summed E-state index contributed by atoms with van der Waals surface area (Å²) in [6.07, 6.45) is 5.50. The highest BCUT2D eigenvalue weighted by Crippen LogP contribution is 2.48. The summed E-state index contributed by atoms with van der Waals surface area (Å²) in [5.41, 5.74) is 1.87. The van der Waals surface area contributed by atoms with Crippen LogP contribution < -0.4 is 10.0 Å². The summed E-state index contributed by atoms with van der Waals surface area (Å²) in [6, 6.07) is 5.36. The highest BCUT2D eigenvalue weighted by molar-refractivity contribution is 7.92. The molecule has 1 aromatic rings. The van der Waals surface area contributed by atoms with Crippen LogP contribution in [0, 0.1) is 0 Å². The topological polar surface area (TPSA) is 75.3 Å². The van der Waals surface area contributed by atoms with E-state index in [0.29, 0.717) is 12.1 Å². The van der Waals surface area contributed by atoms with Crippen molar-refractivity contribution < 1.29 is 13.2 Å². The van der Waals surface area contributed by atoms with Crippen molar-refractivity contribution in [1.29, 1.82) is 0 Å². The average molecular weight is 322 g/mol. The summed E-state index contributed by atoms with van der Waals surface area (Å²) in [4.78, 5) is 12.5. The predicted octanol–water partition coefficient (Wildman–Crippen LogP) is 2.99. The Morgan fingerprint density at radius 2 is 1.95 bits per heavy atom. The van der Waals surface area contributed by atoms with E-state index in [0.717, 1.165) is 43.4 Å². The van der Waals surface area contributed by atoms with Crippen LogP contribution in [-0.4, -0.2) is 20.1 Å². The van der Waals surface area contributed by atoms with Crippen LogP contribution in [0.4, 0.5) is 11.4 Å². The summed E-state index contributed by atoms with van der Waals surface area (Å²) in [5, 5.41) is 2.96. The minimum absolute atomic E-state index is 0.0655. The van der Waals surface area contributed by atoms with E-state index < -0.39 is 15.4 Å². The number of carbonyl (C=O) groups excluding carboxylic acids is 1. The third-order valence-corrected chi connectivity index (χ3v) is 6.16. The van der Waals surface area contributed by atoms with Crippen molar-refractivity contribution in [2.75, 3.05) is 15.8 Å². The summed E-state index contributed by atoms with van der Waals surface area (Å²) in [7, 11) is -3.31. The molecule has 0 atom stereocenters. The number of hydrogen-bond donors (Lipinski definition) is 2. The molecule has 0 unspecified atom stereocenters. The molecule has 120 valence electrons. The van der Waals surface area contributed by atoms with Crippen LogP contribution in [0.2, 0.25) is 0 Å². The number of anilines is 2. The second kappa shape index (κ2) is 5.57. The molecular formula is C16H22N2O3S. The first-order valence-corrected chi connectivity index (χ1v) is 9.58. The quantitative estimate of drug-likeness (QED) is 0.895. The lowest BCUT2D eigenvalue weighted by Crippen LogP contribution is -2.36. The van der Waals surface area contributed by atoms with Gasteiger partial charge in [0.25, 0.3) is 0 Å². The van der Waals surface area contributed by atoms with Crippen molar-refractivity contribution in [3.8, 4) is 0 Å². The van der Waals surface area contributed by atoms with Crippen LogP contribution in [0.3, 0.4) is 0 Å². The maximum absolute atomic E-state index is 12.5. The average Bonchev–Trinajstić information content (AvgIpc) is 2.72. The molecular weight excluding hydrogens is 300 g/mol. The third kappa shape index (κ3) is 2.60. The minimum Gasteiger partial charge on any atom is -0.325 e. The molecule has 1 heterocycles. The number of carbonyl (C=O) groups is 1. The first kappa shape index (κ1) is 15.3. The van der Waals surface area contributed by atoms with Gasteiger partial charge in [-0.2, -0.15) is 0 Å². The number of hydrogen-bond acceptors (Lipinski definition) is 3. The fourth-order valence-electron chi connectivity index (χ4n) is 3.63. The van der Waals surface area contributed by atoms with Gasteiger partial charge < -0.3 is 5.32 Å². The molecule has 6 heteroatoms. The molecule has 3 rings (SSSR count). The molecule has 0 radical (unpaired) electrons. The molecule has 2 aliphatic rings. The fourth-order valence-corrected chi connectivity index (χ4v) is 4.75. The van der Waals surface area contributed by atoms with Gasteiger partial charge in [-0.25, -0.2) is 8.42 Å². The van der Waals surface area contributed by atoms with Gasteiger partial charge >= 0.3 is 0 Å². The lowest BCUT2D eigenvalue weighted by molar-refractivity contribution is -0.121. The lowest BCUT2D eigenvalue weighted by atomic mass is 9.70. The molecule has 1 spiro atoms. The van der Waals surface area contributed by atoms with Gasteiger partial charge in [0.2, 0.25) is 15.9 Å². The van der Waals surface area contributed by atoms with Crippen LogP contribution in [0.15, 0.2) is 18.2 Å². The van der Waals surface area contributed by atoms with Crippen molar-refractivity contribution >= 4 is 27.3 Å². The van der Waals surface area contributed by atoms with E-state index in [4.69, 9.17) is 0 Å². The standard InChI is InChI=1S/C16H22N2O3S/c1-2-10-22(20,21)18-12-6-7-14-13(11-12)16(15(19)17-14)8-4-3-5-9-16/h6-7,11,18H,2-5,8-10H2,1H3,(H,17,19).